The number of non-ortho nitro benzene ring substituents is 1. The van der Waals surface area contributed by atoms with E-state index in [0.717, 1.165) is 6.07 Å². The van der Waals surface area contributed by atoms with Gasteiger partial charge in [0.15, 0.2) is 0 Å². The van der Waals surface area contributed by atoms with Crippen LogP contribution in [0.4, 0.5) is 11.4 Å². The summed E-state index contributed by atoms with van der Waals surface area (Å²) >= 11 is 3.03. The van der Waals surface area contributed by atoms with Gasteiger partial charge in [-0.2, -0.15) is 0 Å². The van der Waals surface area contributed by atoms with Crippen molar-refractivity contribution in [2.24, 2.45) is 0 Å². The minimum absolute atomic E-state index is 0.0293. The van der Waals surface area contributed by atoms with Crippen LogP contribution in [0.2, 0.25) is 0 Å². The maximum atomic E-state index is 10.8. The van der Waals surface area contributed by atoms with Gasteiger partial charge < -0.3 is 10.4 Å². The molecule has 0 saturated carbocycles. The highest BCUT2D eigenvalue weighted by Gasteiger charge is 2.15. The number of rotatable bonds is 2. The van der Waals surface area contributed by atoms with E-state index in [-0.39, 0.29) is 11.4 Å². The first-order valence-electron chi connectivity index (χ1n) is 3.90. The number of carbonyl (C=O) groups excluding carboxylic acids is 1. The maximum absolute atomic E-state index is 10.8. The van der Waals surface area contributed by atoms with Crippen molar-refractivity contribution >= 4 is 39.2 Å². The molecular weight excluding hydrogens is 284 g/mol. The molecule has 1 aromatic rings. The van der Waals surface area contributed by atoms with Crippen LogP contribution in [-0.4, -0.2) is 21.9 Å². The van der Waals surface area contributed by atoms with E-state index in [4.69, 9.17) is 5.11 Å². The number of carboxylic acids is 1. The summed E-state index contributed by atoms with van der Waals surface area (Å²) in [5, 5.41) is 20.8. The molecule has 0 spiro atoms. The third-order valence-corrected chi connectivity index (χ3v) is 2.29. The summed E-state index contributed by atoms with van der Waals surface area (Å²) in [4.78, 5) is 30.9. The number of anilines is 1. The Bertz CT molecular complexity index is 473. The molecule has 0 heterocycles. The SMILES string of the molecule is O=C(O)C(=O)Nc1cc([N+](=O)[O-])ccc1Br. The topological polar surface area (TPSA) is 110 Å². The van der Waals surface area contributed by atoms with E-state index in [2.05, 4.69) is 15.9 Å². The summed E-state index contributed by atoms with van der Waals surface area (Å²) in [6.45, 7) is 0. The lowest BCUT2D eigenvalue weighted by atomic mass is 10.3. The van der Waals surface area contributed by atoms with Crippen LogP contribution in [0.25, 0.3) is 0 Å². The number of amides is 1. The fraction of sp³-hybridized carbons (Fsp3) is 0. The van der Waals surface area contributed by atoms with Gasteiger partial charge >= 0.3 is 11.9 Å². The van der Waals surface area contributed by atoms with Gasteiger partial charge in [0, 0.05) is 16.6 Å². The van der Waals surface area contributed by atoms with Gasteiger partial charge in [0.2, 0.25) is 0 Å². The van der Waals surface area contributed by atoms with E-state index >= 15 is 0 Å². The number of hydrogen-bond donors (Lipinski definition) is 2. The zero-order chi connectivity index (χ0) is 12.3. The zero-order valence-corrected chi connectivity index (χ0v) is 9.22. The van der Waals surface area contributed by atoms with Gasteiger partial charge in [-0.05, 0) is 22.0 Å². The number of aliphatic carboxylic acids is 1. The highest BCUT2D eigenvalue weighted by atomic mass is 79.9. The molecule has 0 aliphatic heterocycles. The second-order valence-electron chi connectivity index (χ2n) is 2.68. The molecule has 1 amide bonds. The van der Waals surface area contributed by atoms with Crippen molar-refractivity contribution < 1.29 is 19.6 Å². The van der Waals surface area contributed by atoms with Crippen molar-refractivity contribution in [1.29, 1.82) is 0 Å². The van der Waals surface area contributed by atoms with Gasteiger partial charge in [0.05, 0.1) is 10.6 Å². The van der Waals surface area contributed by atoms with E-state index in [1.165, 1.54) is 12.1 Å². The molecule has 0 unspecified atom stereocenters. The quantitative estimate of drug-likeness (QED) is 0.485. The largest absolute Gasteiger partial charge is 0.474 e. The van der Waals surface area contributed by atoms with Gasteiger partial charge in [-0.3, -0.25) is 14.9 Å². The first kappa shape index (κ1) is 12.1. The molecule has 16 heavy (non-hydrogen) atoms. The Morgan fingerprint density at radius 1 is 1.44 bits per heavy atom. The Morgan fingerprint density at radius 3 is 2.56 bits per heavy atom. The number of nitro groups is 1. The summed E-state index contributed by atoms with van der Waals surface area (Å²) in [5.74, 6) is -2.93. The number of nitrogens with one attached hydrogen (secondary N) is 1. The van der Waals surface area contributed by atoms with E-state index in [1.807, 2.05) is 5.32 Å². The molecule has 84 valence electrons. The lowest BCUT2D eigenvalue weighted by Crippen LogP contribution is -2.22. The first-order chi connectivity index (χ1) is 7.41. The standard InChI is InChI=1S/C8H5BrN2O5/c9-5-2-1-4(11(15)16)3-6(5)10-7(12)8(13)14/h1-3H,(H,10,12)(H,13,14). The highest BCUT2D eigenvalue weighted by molar-refractivity contribution is 9.10. The lowest BCUT2D eigenvalue weighted by Gasteiger charge is -2.04. The number of nitrogens with zero attached hydrogens (tertiary/aromatic N) is 1. The van der Waals surface area contributed by atoms with Gasteiger partial charge in [-0.1, -0.05) is 0 Å². The Hall–Kier alpha value is -1.96. The monoisotopic (exact) mass is 288 g/mol. The second-order valence-corrected chi connectivity index (χ2v) is 3.53. The summed E-state index contributed by atoms with van der Waals surface area (Å²) in [7, 11) is 0. The Kier molecular flexibility index (Phi) is 3.56. The molecule has 0 aliphatic rings. The number of carboxylic acid groups (broad SMARTS) is 1. The van der Waals surface area contributed by atoms with Gasteiger partial charge in [-0.25, -0.2) is 4.79 Å². The average molecular weight is 289 g/mol. The van der Waals surface area contributed by atoms with E-state index in [9.17, 15) is 19.7 Å². The Balaban J connectivity index is 3.03. The van der Waals surface area contributed by atoms with E-state index in [1.54, 1.807) is 0 Å². The molecular formula is C8H5BrN2O5. The number of nitro benzene ring substituents is 1. The molecule has 0 fully saturated rings. The van der Waals surface area contributed by atoms with Crippen LogP contribution in [-0.2, 0) is 9.59 Å². The van der Waals surface area contributed by atoms with Crippen LogP contribution in [0.1, 0.15) is 0 Å². The second kappa shape index (κ2) is 4.71. The lowest BCUT2D eigenvalue weighted by molar-refractivity contribution is -0.384. The summed E-state index contributed by atoms with van der Waals surface area (Å²) < 4.78 is 0.354. The molecule has 0 aromatic heterocycles. The molecule has 0 radical (unpaired) electrons. The third-order valence-electron chi connectivity index (χ3n) is 1.60. The van der Waals surface area contributed by atoms with Crippen molar-refractivity contribution in [2.45, 2.75) is 0 Å². The fourth-order valence-corrected chi connectivity index (χ4v) is 1.24. The minimum Gasteiger partial charge on any atom is -0.474 e. The van der Waals surface area contributed by atoms with Crippen LogP contribution in [0.5, 0.6) is 0 Å². The predicted molar refractivity (Wildman–Crippen MR) is 57.1 cm³/mol. The number of halogens is 1. The zero-order valence-electron chi connectivity index (χ0n) is 7.64. The maximum Gasteiger partial charge on any atom is 0.394 e. The van der Waals surface area contributed by atoms with Crippen LogP contribution >= 0.6 is 15.9 Å². The molecule has 7 nitrogen and oxygen atoms in total. The molecule has 0 aliphatic carbocycles. The van der Waals surface area contributed by atoms with Crippen LogP contribution in [0.3, 0.4) is 0 Å². The Morgan fingerprint density at radius 2 is 2.06 bits per heavy atom. The molecule has 0 bridgehead atoms. The summed E-state index contributed by atoms with van der Waals surface area (Å²) in [6, 6.07) is 3.63. The molecule has 2 N–H and O–H groups in total. The number of carbonyl (C=O) groups is 2. The van der Waals surface area contributed by atoms with Crippen LogP contribution in [0.15, 0.2) is 22.7 Å². The Labute approximate surface area is 97.3 Å². The number of benzene rings is 1. The van der Waals surface area contributed by atoms with Crippen LogP contribution in [0, 0.1) is 10.1 Å². The van der Waals surface area contributed by atoms with Crippen molar-refractivity contribution in [3.63, 3.8) is 0 Å². The molecule has 8 heteroatoms. The molecule has 0 saturated heterocycles. The van der Waals surface area contributed by atoms with Crippen molar-refractivity contribution in [3.8, 4) is 0 Å². The van der Waals surface area contributed by atoms with Crippen molar-refractivity contribution in [1.82, 2.24) is 0 Å². The molecule has 1 rings (SSSR count). The summed E-state index contributed by atoms with van der Waals surface area (Å²) in [6.07, 6.45) is 0. The molecule has 0 atom stereocenters. The van der Waals surface area contributed by atoms with Gasteiger partial charge in [0.1, 0.15) is 0 Å². The highest BCUT2D eigenvalue weighted by Crippen LogP contribution is 2.26. The molecule has 1 aromatic carbocycles. The predicted octanol–water partition coefficient (Wildman–Crippen LogP) is 1.38. The van der Waals surface area contributed by atoms with E-state index in [0.29, 0.717) is 4.47 Å². The van der Waals surface area contributed by atoms with Crippen molar-refractivity contribution in [3.05, 3.63) is 32.8 Å². The first-order valence-corrected chi connectivity index (χ1v) is 4.69. The van der Waals surface area contributed by atoms with E-state index < -0.39 is 16.8 Å². The summed E-state index contributed by atoms with van der Waals surface area (Å²) in [5.41, 5.74) is -0.217. The third kappa shape index (κ3) is 2.76. The van der Waals surface area contributed by atoms with Crippen molar-refractivity contribution in [2.75, 3.05) is 5.32 Å². The fourth-order valence-electron chi connectivity index (χ4n) is 0.898. The van der Waals surface area contributed by atoms with Gasteiger partial charge in [-0.15, -0.1) is 0 Å². The average Bonchev–Trinajstić information content (AvgIpc) is 2.20. The van der Waals surface area contributed by atoms with Crippen LogP contribution < -0.4 is 5.32 Å². The smallest absolute Gasteiger partial charge is 0.394 e. The normalized spacial score (nSPS) is 9.56. The van der Waals surface area contributed by atoms with Gasteiger partial charge in [0.25, 0.3) is 5.69 Å². The number of hydrogen-bond acceptors (Lipinski definition) is 4. The minimum atomic E-state index is -1.67.